The van der Waals surface area contributed by atoms with Crippen LogP contribution in [0.5, 0.6) is 0 Å². The summed E-state index contributed by atoms with van der Waals surface area (Å²) >= 11 is 2.96. The van der Waals surface area contributed by atoms with Crippen LogP contribution in [0.4, 0.5) is 0 Å². The highest BCUT2D eigenvalue weighted by Gasteiger charge is 2.17. The van der Waals surface area contributed by atoms with E-state index in [-0.39, 0.29) is 15.8 Å². The molecule has 1 aromatic rings. The van der Waals surface area contributed by atoms with E-state index in [1.54, 1.807) is 6.92 Å². The highest BCUT2D eigenvalue weighted by Crippen LogP contribution is 2.18. The number of aromatic carboxylic acids is 1. The molecule has 0 saturated heterocycles. The molecule has 0 unspecified atom stereocenters. The van der Waals surface area contributed by atoms with Gasteiger partial charge in [0, 0.05) is 0 Å². The van der Waals surface area contributed by atoms with Gasteiger partial charge in [-0.3, -0.25) is 0 Å². The number of carboxylic acids is 1. The SMILES string of the molecule is Cc1oc(=O)c(Br)c(C)c1C(=O)O. The van der Waals surface area contributed by atoms with E-state index in [0.29, 0.717) is 5.56 Å². The largest absolute Gasteiger partial charge is 0.478 e. The summed E-state index contributed by atoms with van der Waals surface area (Å²) in [5, 5.41) is 8.78. The average molecular weight is 247 g/mol. The molecule has 0 atom stereocenters. The molecule has 5 heteroatoms. The van der Waals surface area contributed by atoms with Gasteiger partial charge >= 0.3 is 11.6 Å². The van der Waals surface area contributed by atoms with E-state index < -0.39 is 11.6 Å². The lowest BCUT2D eigenvalue weighted by Crippen LogP contribution is -2.11. The summed E-state index contributed by atoms with van der Waals surface area (Å²) < 4.78 is 4.86. The van der Waals surface area contributed by atoms with Gasteiger partial charge in [0.15, 0.2) is 0 Å². The van der Waals surface area contributed by atoms with Gasteiger partial charge in [-0.05, 0) is 35.3 Å². The van der Waals surface area contributed by atoms with Crippen LogP contribution in [-0.4, -0.2) is 11.1 Å². The van der Waals surface area contributed by atoms with E-state index in [4.69, 9.17) is 9.52 Å². The average Bonchev–Trinajstić information content (AvgIpc) is 1.99. The lowest BCUT2D eigenvalue weighted by molar-refractivity contribution is 0.0691. The van der Waals surface area contributed by atoms with Crippen LogP contribution >= 0.6 is 15.9 Å². The summed E-state index contributed by atoms with van der Waals surface area (Å²) in [6, 6.07) is 0. The van der Waals surface area contributed by atoms with Crippen LogP contribution in [-0.2, 0) is 0 Å². The first-order chi connectivity index (χ1) is 5.95. The van der Waals surface area contributed by atoms with Gasteiger partial charge < -0.3 is 9.52 Å². The third-order valence-corrected chi connectivity index (χ3v) is 2.61. The highest BCUT2D eigenvalue weighted by molar-refractivity contribution is 9.10. The molecule has 0 aromatic carbocycles. The predicted molar refractivity (Wildman–Crippen MR) is 49.1 cm³/mol. The van der Waals surface area contributed by atoms with Crippen LogP contribution in [0.3, 0.4) is 0 Å². The van der Waals surface area contributed by atoms with Crippen LogP contribution in [0.15, 0.2) is 13.7 Å². The molecule has 1 rings (SSSR count). The second kappa shape index (κ2) is 3.33. The van der Waals surface area contributed by atoms with E-state index in [2.05, 4.69) is 15.9 Å². The fourth-order valence-electron chi connectivity index (χ4n) is 1.07. The van der Waals surface area contributed by atoms with Crippen molar-refractivity contribution in [2.75, 3.05) is 0 Å². The van der Waals surface area contributed by atoms with Crippen molar-refractivity contribution in [3.05, 3.63) is 31.8 Å². The lowest BCUT2D eigenvalue weighted by atomic mass is 10.1. The van der Waals surface area contributed by atoms with Crippen molar-refractivity contribution in [3.63, 3.8) is 0 Å². The number of carbonyl (C=O) groups is 1. The van der Waals surface area contributed by atoms with Gasteiger partial charge in [-0.15, -0.1) is 0 Å². The zero-order valence-corrected chi connectivity index (χ0v) is 8.64. The van der Waals surface area contributed by atoms with Crippen LogP contribution < -0.4 is 5.63 Å². The summed E-state index contributed by atoms with van der Waals surface area (Å²) in [5.74, 6) is -0.974. The van der Waals surface area contributed by atoms with Gasteiger partial charge in [-0.2, -0.15) is 0 Å². The third-order valence-electron chi connectivity index (χ3n) is 1.70. The first-order valence-electron chi connectivity index (χ1n) is 3.48. The van der Waals surface area contributed by atoms with Gasteiger partial charge in [0.2, 0.25) is 0 Å². The van der Waals surface area contributed by atoms with E-state index in [1.807, 2.05) is 0 Å². The van der Waals surface area contributed by atoms with Crippen LogP contribution in [0.25, 0.3) is 0 Å². The van der Waals surface area contributed by atoms with Gasteiger partial charge in [-0.1, -0.05) is 0 Å². The maximum Gasteiger partial charge on any atom is 0.350 e. The fraction of sp³-hybridized carbons (Fsp3) is 0.250. The number of rotatable bonds is 1. The number of aryl methyl sites for hydroxylation is 1. The molecule has 0 saturated carbocycles. The Morgan fingerprint density at radius 1 is 1.46 bits per heavy atom. The Kier molecular flexibility index (Phi) is 2.56. The van der Waals surface area contributed by atoms with Gasteiger partial charge in [0.25, 0.3) is 0 Å². The van der Waals surface area contributed by atoms with E-state index in [0.717, 1.165) is 0 Å². The molecular formula is C8H7BrO4. The van der Waals surface area contributed by atoms with Crippen LogP contribution in [0, 0.1) is 13.8 Å². The second-order valence-corrected chi connectivity index (χ2v) is 3.36. The zero-order valence-electron chi connectivity index (χ0n) is 7.05. The Hall–Kier alpha value is -1.10. The monoisotopic (exact) mass is 246 g/mol. The Morgan fingerprint density at radius 2 is 2.00 bits per heavy atom. The topological polar surface area (TPSA) is 67.5 Å². The summed E-state index contributed by atoms with van der Waals surface area (Å²) in [7, 11) is 0. The smallest absolute Gasteiger partial charge is 0.350 e. The van der Waals surface area contributed by atoms with E-state index in [1.165, 1.54) is 6.92 Å². The molecule has 1 heterocycles. The van der Waals surface area contributed by atoms with Gasteiger partial charge in [-0.25, -0.2) is 9.59 Å². The molecule has 13 heavy (non-hydrogen) atoms. The van der Waals surface area contributed by atoms with Crippen molar-refractivity contribution in [2.24, 2.45) is 0 Å². The normalized spacial score (nSPS) is 10.1. The van der Waals surface area contributed by atoms with Gasteiger partial charge in [0.1, 0.15) is 15.8 Å². The number of halogens is 1. The Labute approximate surface area is 82.3 Å². The summed E-state index contributed by atoms with van der Waals surface area (Å²) in [6.45, 7) is 3.00. The number of carboxylic acid groups (broad SMARTS) is 1. The minimum Gasteiger partial charge on any atom is -0.478 e. The first-order valence-corrected chi connectivity index (χ1v) is 4.27. The second-order valence-electron chi connectivity index (χ2n) is 2.56. The fourth-order valence-corrected chi connectivity index (χ4v) is 1.35. The molecule has 1 aromatic heterocycles. The van der Waals surface area contributed by atoms with Crippen molar-refractivity contribution in [3.8, 4) is 0 Å². The maximum atomic E-state index is 11.0. The van der Waals surface area contributed by atoms with E-state index >= 15 is 0 Å². The number of hydrogen-bond acceptors (Lipinski definition) is 3. The minimum atomic E-state index is -1.10. The van der Waals surface area contributed by atoms with Crippen LogP contribution in [0.2, 0.25) is 0 Å². The quantitative estimate of drug-likeness (QED) is 0.820. The van der Waals surface area contributed by atoms with Crippen molar-refractivity contribution < 1.29 is 14.3 Å². The lowest BCUT2D eigenvalue weighted by Gasteiger charge is -2.03. The highest BCUT2D eigenvalue weighted by atomic mass is 79.9. The summed E-state index contributed by atoms with van der Waals surface area (Å²) in [6.07, 6.45) is 0. The molecular weight excluding hydrogens is 240 g/mol. The number of hydrogen-bond donors (Lipinski definition) is 1. The zero-order chi connectivity index (χ0) is 10.2. The maximum absolute atomic E-state index is 11.0. The molecule has 0 aliphatic heterocycles. The molecule has 1 N–H and O–H groups in total. The third kappa shape index (κ3) is 1.65. The van der Waals surface area contributed by atoms with E-state index in [9.17, 15) is 9.59 Å². The molecule has 0 amide bonds. The first kappa shape index (κ1) is 9.98. The molecule has 0 spiro atoms. The van der Waals surface area contributed by atoms with Gasteiger partial charge in [0.05, 0.1) is 0 Å². The molecule has 0 radical (unpaired) electrons. The molecule has 70 valence electrons. The van der Waals surface area contributed by atoms with Crippen molar-refractivity contribution >= 4 is 21.9 Å². The summed E-state index contributed by atoms with van der Waals surface area (Å²) in [4.78, 5) is 21.8. The molecule has 0 fully saturated rings. The van der Waals surface area contributed by atoms with Crippen molar-refractivity contribution in [1.82, 2.24) is 0 Å². The molecule has 0 bridgehead atoms. The van der Waals surface area contributed by atoms with Crippen molar-refractivity contribution in [2.45, 2.75) is 13.8 Å². The molecule has 0 aliphatic rings. The minimum absolute atomic E-state index is 0.0338. The Bertz CT molecular complexity index is 419. The molecule has 0 aliphatic carbocycles. The predicted octanol–water partition coefficient (Wildman–Crippen LogP) is 1.72. The molecule has 4 nitrogen and oxygen atoms in total. The van der Waals surface area contributed by atoms with Crippen LogP contribution in [0.1, 0.15) is 21.7 Å². The Morgan fingerprint density at radius 3 is 2.46 bits per heavy atom. The Balaban J connectivity index is 3.63. The summed E-state index contributed by atoms with van der Waals surface area (Å²) in [5.41, 5.74) is -0.132. The van der Waals surface area contributed by atoms with Crippen molar-refractivity contribution in [1.29, 1.82) is 0 Å². The standard InChI is InChI=1S/C8H7BrO4/c1-3-5(7(10)11)4(2)13-8(12)6(3)9/h1-2H3,(H,10,11).